The van der Waals surface area contributed by atoms with Crippen molar-refractivity contribution in [3.8, 4) is 5.75 Å². The lowest BCUT2D eigenvalue weighted by molar-refractivity contribution is -0.139. The minimum atomic E-state index is -0.598. The van der Waals surface area contributed by atoms with E-state index in [9.17, 15) is 9.59 Å². The molecule has 1 aromatic carbocycles. The van der Waals surface area contributed by atoms with Crippen molar-refractivity contribution >= 4 is 11.8 Å². The Hall–Kier alpha value is -2.04. The zero-order valence-corrected chi connectivity index (χ0v) is 14.2. The molecule has 0 radical (unpaired) electrons. The Kier molecular flexibility index (Phi) is 9.52. The molecule has 23 heavy (non-hydrogen) atoms. The molecule has 0 fully saturated rings. The van der Waals surface area contributed by atoms with Gasteiger partial charge in [0.1, 0.15) is 5.75 Å². The Morgan fingerprint density at radius 2 is 1.70 bits per heavy atom. The van der Waals surface area contributed by atoms with E-state index in [0.717, 1.165) is 24.2 Å². The molecule has 0 atom stereocenters. The van der Waals surface area contributed by atoms with Crippen LogP contribution in [0.5, 0.6) is 5.75 Å². The van der Waals surface area contributed by atoms with Gasteiger partial charge in [-0.1, -0.05) is 51.2 Å². The fourth-order valence-electron chi connectivity index (χ4n) is 2.23. The first-order chi connectivity index (χ1) is 11.2. The number of hydrogen-bond donors (Lipinski definition) is 2. The first-order valence-electron chi connectivity index (χ1n) is 8.36. The summed E-state index contributed by atoms with van der Waals surface area (Å²) in [5, 5.41) is 5.27. The van der Waals surface area contributed by atoms with Crippen molar-refractivity contribution < 1.29 is 14.3 Å². The molecule has 5 heteroatoms. The van der Waals surface area contributed by atoms with Gasteiger partial charge in [0.25, 0.3) is 0 Å². The van der Waals surface area contributed by atoms with Crippen molar-refractivity contribution in [1.82, 2.24) is 10.6 Å². The molecule has 0 aliphatic carbocycles. The number of unbranched alkanes of at least 4 members (excludes halogenated alkanes) is 5. The van der Waals surface area contributed by atoms with E-state index in [1.807, 2.05) is 24.3 Å². The van der Waals surface area contributed by atoms with Gasteiger partial charge in [-0.15, -0.1) is 0 Å². The highest BCUT2D eigenvalue weighted by atomic mass is 16.5. The third kappa shape index (κ3) is 8.24. The van der Waals surface area contributed by atoms with Crippen molar-refractivity contribution in [2.24, 2.45) is 0 Å². The molecule has 5 nitrogen and oxygen atoms in total. The van der Waals surface area contributed by atoms with E-state index in [0.29, 0.717) is 13.1 Å². The van der Waals surface area contributed by atoms with Crippen molar-refractivity contribution in [3.05, 3.63) is 29.8 Å². The minimum absolute atomic E-state index is 0.306. The first-order valence-corrected chi connectivity index (χ1v) is 8.36. The summed E-state index contributed by atoms with van der Waals surface area (Å²) < 4.78 is 5.12. The molecule has 0 aromatic heterocycles. The maximum absolute atomic E-state index is 11.7. The minimum Gasteiger partial charge on any atom is -0.497 e. The largest absolute Gasteiger partial charge is 0.497 e. The monoisotopic (exact) mass is 320 g/mol. The molecule has 0 aliphatic rings. The molecule has 1 aromatic rings. The van der Waals surface area contributed by atoms with Crippen LogP contribution in [-0.2, 0) is 16.1 Å². The van der Waals surface area contributed by atoms with E-state index in [4.69, 9.17) is 4.74 Å². The SMILES string of the molecule is CCCCCCCCNC(=O)C(=O)NCc1cccc(OC)c1. The van der Waals surface area contributed by atoms with Crippen LogP contribution >= 0.6 is 0 Å². The molecule has 0 saturated carbocycles. The highest BCUT2D eigenvalue weighted by Gasteiger charge is 2.12. The topological polar surface area (TPSA) is 67.4 Å². The van der Waals surface area contributed by atoms with Gasteiger partial charge in [0.05, 0.1) is 7.11 Å². The number of methoxy groups -OCH3 is 1. The van der Waals surface area contributed by atoms with Gasteiger partial charge in [-0.3, -0.25) is 9.59 Å². The van der Waals surface area contributed by atoms with Crippen LogP contribution in [0.2, 0.25) is 0 Å². The molecule has 2 amide bonds. The first kappa shape index (κ1) is 19.0. The van der Waals surface area contributed by atoms with Crippen molar-refractivity contribution in [1.29, 1.82) is 0 Å². The van der Waals surface area contributed by atoms with Crippen molar-refractivity contribution in [3.63, 3.8) is 0 Å². The summed E-state index contributed by atoms with van der Waals surface area (Å²) in [5.74, 6) is -0.440. The van der Waals surface area contributed by atoms with Crippen LogP contribution < -0.4 is 15.4 Å². The highest BCUT2D eigenvalue weighted by molar-refractivity contribution is 6.35. The fraction of sp³-hybridized carbons (Fsp3) is 0.556. The van der Waals surface area contributed by atoms with Gasteiger partial charge >= 0.3 is 11.8 Å². The van der Waals surface area contributed by atoms with Gasteiger partial charge in [-0.05, 0) is 24.1 Å². The molecule has 0 unspecified atom stereocenters. The Morgan fingerprint density at radius 3 is 2.43 bits per heavy atom. The third-order valence-corrected chi connectivity index (χ3v) is 3.61. The molecule has 0 heterocycles. The van der Waals surface area contributed by atoms with E-state index in [1.54, 1.807) is 7.11 Å². The van der Waals surface area contributed by atoms with E-state index in [1.165, 1.54) is 25.7 Å². The van der Waals surface area contributed by atoms with Crippen LogP contribution in [0.25, 0.3) is 0 Å². The predicted molar refractivity (Wildman–Crippen MR) is 91.2 cm³/mol. The van der Waals surface area contributed by atoms with Gasteiger partial charge in [0.2, 0.25) is 0 Å². The van der Waals surface area contributed by atoms with Crippen LogP contribution in [0, 0.1) is 0 Å². The summed E-state index contributed by atoms with van der Waals surface area (Å²) in [6, 6.07) is 7.38. The zero-order chi connectivity index (χ0) is 16.9. The summed E-state index contributed by atoms with van der Waals surface area (Å²) in [5.41, 5.74) is 0.890. The van der Waals surface area contributed by atoms with Crippen molar-refractivity contribution in [2.45, 2.75) is 52.0 Å². The Morgan fingerprint density at radius 1 is 1.00 bits per heavy atom. The Labute approximate surface area is 138 Å². The summed E-state index contributed by atoms with van der Waals surface area (Å²) in [6.45, 7) is 3.04. The fourth-order valence-corrected chi connectivity index (χ4v) is 2.23. The second-order valence-corrected chi connectivity index (χ2v) is 5.56. The van der Waals surface area contributed by atoms with E-state index in [2.05, 4.69) is 17.6 Å². The number of rotatable bonds is 10. The second-order valence-electron chi connectivity index (χ2n) is 5.56. The number of amides is 2. The van der Waals surface area contributed by atoms with E-state index in [-0.39, 0.29) is 0 Å². The van der Waals surface area contributed by atoms with Crippen LogP contribution in [0.4, 0.5) is 0 Å². The summed E-state index contributed by atoms with van der Waals surface area (Å²) in [7, 11) is 1.59. The quantitative estimate of drug-likeness (QED) is 0.514. The molecule has 0 saturated heterocycles. The van der Waals surface area contributed by atoms with Gasteiger partial charge in [-0.25, -0.2) is 0 Å². The lowest BCUT2D eigenvalue weighted by atomic mass is 10.1. The second kappa shape index (κ2) is 11.5. The van der Waals surface area contributed by atoms with Crippen LogP contribution in [0.15, 0.2) is 24.3 Å². The molecule has 2 N–H and O–H groups in total. The molecule has 0 spiro atoms. The molecule has 1 rings (SSSR count). The molecular weight excluding hydrogens is 292 g/mol. The number of ether oxygens (including phenoxy) is 1. The number of carbonyl (C=O) groups is 2. The lowest BCUT2D eigenvalue weighted by Gasteiger charge is -2.07. The maximum atomic E-state index is 11.7. The number of hydrogen-bond acceptors (Lipinski definition) is 3. The highest BCUT2D eigenvalue weighted by Crippen LogP contribution is 2.12. The van der Waals surface area contributed by atoms with Gasteiger partial charge < -0.3 is 15.4 Å². The van der Waals surface area contributed by atoms with Crippen molar-refractivity contribution in [2.75, 3.05) is 13.7 Å². The lowest BCUT2D eigenvalue weighted by Crippen LogP contribution is -2.39. The molecule has 128 valence electrons. The number of benzene rings is 1. The summed E-state index contributed by atoms with van der Waals surface area (Å²) in [4.78, 5) is 23.4. The van der Waals surface area contributed by atoms with Gasteiger partial charge in [-0.2, -0.15) is 0 Å². The standard InChI is InChI=1S/C18H28N2O3/c1-3-4-5-6-7-8-12-19-17(21)18(22)20-14-15-10-9-11-16(13-15)23-2/h9-11,13H,3-8,12,14H2,1-2H3,(H,19,21)(H,20,22). The number of nitrogens with one attached hydrogen (secondary N) is 2. The number of carbonyl (C=O) groups excluding carboxylic acids is 2. The van der Waals surface area contributed by atoms with Gasteiger partial charge in [0, 0.05) is 13.1 Å². The van der Waals surface area contributed by atoms with Crippen LogP contribution in [0.1, 0.15) is 51.0 Å². The maximum Gasteiger partial charge on any atom is 0.309 e. The van der Waals surface area contributed by atoms with Gasteiger partial charge in [0.15, 0.2) is 0 Å². The molecule has 0 aliphatic heterocycles. The van der Waals surface area contributed by atoms with Crippen LogP contribution in [0.3, 0.4) is 0 Å². The van der Waals surface area contributed by atoms with Crippen LogP contribution in [-0.4, -0.2) is 25.5 Å². The smallest absolute Gasteiger partial charge is 0.309 e. The molecule has 0 bridgehead atoms. The normalized spacial score (nSPS) is 10.2. The molecular formula is C18H28N2O3. The average Bonchev–Trinajstić information content (AvgIpc) is 2.58. The average molecular weight is 320 g/mol. The summed E-state index contributed by atoms with van der Waals surface area (Å²) >= 11 is 0. The van der Waals surface area contributed by atoms with E-state index >= 15 is 0 Å². The van der Waals surface area contributed by atoms with E-state index < -0.39 is 11.8 Å². The summed E-state index contributed by atoms with van der Waals surface area (Å²) in [6.07, 6.45) is 6.92. The Balaban J connectivity index is 2.17. The predicted octanol–water partition coefficient (Wildman–Crippen LogP) is 2.79. The third-order valence-electron chi connectivity index (χ3n) is 3.61. The Bertz CT molecular complexity index is 489. The zero-order valence-electron chi connectivity index (χ0n) is 14.2.